The summed E-state index contributed by atoms with van der Waals surface area (Å²) in [7, 11) is 0. The van der Waals surface area contributed by atoms with Gasteiger partial charge >= 0.3 is 0 Å². The number of amides is 1. The van der Waals surface area contributed by atoms with Crippen LogP contribution in [0.15, 0.2) is 12.1 Å². The lowest BCUT2D eigenvalue weighted by molar-refractivity contribution is -0.136. The zero-order valence-corrected chi connectivity index (χ0v) is 13.8. The normalized spacial score (nSPS) is 15.8. The molecule has 126 valence electrons. The minimum Gasteiger partial charge on any atom is -0.490 e. The van der Waals surface area contributed by atoms with Crippen molar-refractivity contribution >= 4 is 17.9 Å². The van der Waals surface area contributed by atoms with Crippen LogP contribution < -0.4 is 14.4 Å². The van der Waals surface area contributed by atoms with E-state index in [4.69, 9.17) is 9.47 Å². The summed E-state index contributed by atoms with van der Waals surface area (Å²) in [5.41, 5.74) is -0.113. The lowest BCUT2D eigenvalue weighted by atomic mass is 9.92. The Morgan fingerprint density at radius 1 is 1.30 bits per heavy atom. The first-order valence-corrected chi connectivity index (χ1v) is 7.94. The molecule has 1 aliphatic rings. The molecule has 0 unspecified atom stereocenters. The topological polar surface area (TPSA) is 76.1 Å². The van der Waals surface area contributed by atoms with Crippen molar-refractivity contribution in [2.24, 2.45) is 0 Å². The van der Waals surface area contributed by atoms with E-state index >= 15 is 0 Å². The monoisotopic (exact) mass is 321 g/mol. The summed E-state index contributed by atoms with van der Waals surface area (Å²) in [6.45, 7) is 6.01. The third-order valence-corrected chi connectivity index (χ3v) is 4.18. The summed E-state index contributed by atoms with van der Waals surface area (Å²) < 4.78 is 11.7. The van der Waals surface area contributed by atoms with E-state index < -0.39 is 5.60 Å². The maximum atomic E-state index is 12.9. The van der Waals surface area contributed by atoms with Crippen LogP contribution in [0, 0.1) is 0 Å². The standard InChI is InChI=1S/C17H23NO5/c1-4-17(5-2)16(21)18(7-8-19)13-9-12(11-20)10-14(22-6-3)15(13)23-17/h9-11,19H,4-8H2,1-3H3. The molecule has 0 saturated heterocycles. The van der Waals surface area contributed by atoms with Gasteiger partial charge in [-0.15, -0.1) is 0 Å². The van der Waals surface area contributed by atoms with Crippen molar-refractivity contribution < 1.29 is 24.2 Å². The van der Waals surface area contributed by atoms with Gasteiger partial charge in [-0.1, -0.05) is 13.8 Å². The predicted molar refractivity (Wildman–Crippen MR) is 86.4 cm³/mol. The lowest BCUT2D eigenvalue weighted by Crippen LogP contribution is -2.56. The van der Waals surface area contributed by atoms with Crippen molar-refractivity contribution in [1.29, 1.82) is 0 Å². The first-order valence-electron chi connectivity index (χ1n) is 7.94. The van der Waals surface area contributed by atoms with Crippen LogP contribution in [0.1, 0.15) is 44.0 Å². The lowest BCUT2D eigenvalue weighted by Gasteiger charge is -2.42. The molecule has 0 spiro atoms. The second kappa shape index (κ2) is 7.00. The first-order chi connectivity index (χ1) is 11.1. The molecule has 0 atom stereocenters. The van der Waals surface area contributed by atoms with E-state index in [-0.39, 0.29) is 19.1 Å². The first kappa shape index (κ1) is 17.3. The molecule has 6 nitrogen and oxygen atoms in total. The van der Waals surface area contributed by atoms with Gasteiger partial charge in [-0.2, -0.15) is 0 Å². The van der Waals surface area contributed by atoms with Crippen LogP contribution >= 0.6 is 0 Å². The van der Waals surface area contributed by atoms with Crippen molar-refractivity contribution in [1.82, 2.24) is 0 Å². The van der Waals surface area contributed by atoms with Gasteiger partial charge in [0.2, 0.25) is 0 Å². The number of benzene rings is 1. The van der Waals surface area contributed by atoms with Crippen LogP contribution in [0.3, 0.4) is 0 Å². The Balaban J connectivity index is 2.66. The van der Waals surface area contributed by atoms with E-state index in [0.717, 1.165) is 0 Å². The van der Waals surface area contributed by atoms with Gasteiger partial charge in [-0.3, -0.25) is 9.59 Å². The highest BCUT2D eigenvalue weighted by molar-refractivity contribution is 6.04. The van der Waals surface area contributed by atoms with Crippen molar-refractivity contribution in [2.75, 3.05) is 24.7 Å². The molecule has 0 aromatic heterocycles. The number of anilines is 1. The minimum absolute atomic E-state index is 0.144. The van der Waals surface area contributed by atoms with Gasteiger partial charge in [0.1, 0.15) is 6.29 Å². The summed E-state index contributed by atoms with van der Waals surface area (Å²) >= 11 is 0. The molecule has 23 heavy (non-hydrogen) atoms. The second-order valence-corrected chi connectivity index (χ2v) is 5.40. The fraction of sp³-hybridized carbons (Fsp3) is 0.529. The van der Waals surface area contributed by atoms with Crippen LogP contribution in [0.2, 0.25) is 0 Å². The van der Waals surface area contributed by atoms with Gasteiger partial charge in [0.25, 0.3) is 5.91 Å². The summed E-state index contributed by atoms with van der Waals surface area (Å²) in [6.07, 6.45) is 1.71. The molecule has 0 fully saturated rings. The van der Waals surface area contributed by atoms with Crippen molar-refractivity contribution in [2.45, 2.75) is 39.2 Å². The Morgan fingerprint density at radius 2 is 2.00 bits per heavy atom. The molecular formula is C17H23NO5. The summed E-state index contributed by atoms with van der Waals surface area (Å²) in [6, 6.07) is 3.20. The van der Waals surface area contributed by atoms with Crippen LogP contribution in [0.4, 0.5) is 5.69 Å². The van der Waals surface area contributed by atoms with Crippen LogP contribution in [-0.4, -0.2) is 42.7 Å². The van der Waals surface area contributed by atoms with Crippen molar-refractivity contribution in [3.8, 4) is 11.5 Å². The third-order valence-electron chi connectivity index (χ3n) is 4.18. The minimum atomic E-state index is -0.975. The van der Waals surface area contributed by atoms with E-state index in [1.54, 1.807) is 12.1 Å². The Labute approximate surface area is 136 Å². The Hall–Kier alpha value is -2.08. The molecule has 1 heterocycles. The number of ether oxygens (including phenoxy) is 2. The van der Waals surface area contributed by atoms with Gasteiger partial charge in [-0.05, 0) is 31.9 Å². The SMILES string of the molecule is CCOc1cc(C=O)cc2c1OC(CC)(CC)C(=O)N2CCO. The highest BCUT2D eigenvalue weighted by atomic mass is 16.5. The van der Waals surface area contributed by atoms with Crippen LogP contribution in [0.5, 0.6) is 11.5 Å². The Kier molecular flexibility index (Phi) is 5.26. The number of aldehydes is 1. The van der Waals surface area contributed by atoms with E-state index in [9.17, 15) is 14.7 Å². The number of fused-ring (bicyclic) bond motifs is 1. The van der Waals surface area contributed by atoms with Crippen molar-refractivity contribution in [3.63, 3.8) is 0 Å². The number of rotatable bonds is 7. The molecular weight excluding hydrogens is 298 g/mol. The van der Waals surface area contributed by atoms with Gasteiger partial charge in [0.15, 0.2) is 17.1 Å². The van der Waals surface area contributed by atoms with E-state index in [0.29, 0.717) is 48.5 Å². The molecule has 0 bridgehead atoms. The smallest absolute Gasteiger partial charge is 0.271 e. The zero-order chi connectivity index (χ0) is 17.0. The number of aliphatic hydroxyl groups is 1. The fourth-order valence-corrected chi connectivity index (χ4v) is 2.86. The van der Waals surface area contributed by atoms with E-state index in [1.807, 2.05) is 20.8 Å². The Bertz CT molecular complexity index is 595. The Morgan fingerprint density at radius 3 is 2.52 bits per heavy atom. The number of β-amino-alcohol motifs (C(OH)–C–C–N with tert-alkyl or cyclic N) is 1. The molecule has 2 rings (SSSR count). The molecule has 0 radical (unpaired) electrons. The summed E-state index contributed by atoms with van der Waals surface area (Å²) in [5, 5.41) is 9.34. The maximum absolute atomic E-state index is 12.9. The van der Waals surface area contributed by atoms with E-state index in [2.05, 4.69) is 0 Å². The number of hydrogen-bond acceptors (Lipinski definition) is 5. The number of hydrogen-bond donors (Lipinski definition) is 1. The highest BCUT2D eigenvalue weighted by Crippen LogP contribution is 2.46. The van der Waals surface area contributed by atoms with Gasteiger partial charge in [0, 0.05) is 12.1 Å². The van der Waals surface area contributed by atoms with Gasteiger partial charge < -0.3 is 19.5 Å². The maximum Gasteiger partial charge on any atom is 0.271 e. The third kappa shape index (κ3) is 2.91. The second-order valence-electron chi connectivity index (χ2n) is 5.40. The predicted octanol–water partition coefficient (Wildman–Crippen LogP) is 2.17. The van der Waals surface area contributed by atoms with E-state index in [1.165, 1.54) is 4.90 Å². The molecule has 1 aromatic carbocycles. The number of carbonyl (C=O) groups excluding carboxylic acids is 2. The number of nitrogens with zero attached hydrogens (tertiary/aromatic N) is 1. The molecule has 1 amide bonds. The summed E-state index contributed by atoms with van der Waals surface area (Å²) in [4.78, 5) is 25.6. The zero-order valence-electron chi connectivity index (χ0n) is 13.8. The highest BCUT2D eigenvalue weighted by Gasteiger charge is 2.46. The molecule has 0 aliphatic carbocycles. The molecule has 6 heteroatoms. The van der Waals surface area contributed by atoms with Crippen LogP contribution in [-0.2, 0) is 4.79 Å². The quantitative estimate of drug-likeness (QED) is 0.779. The molecule has 0 saturated carbocycles. The largest absolute Gasteiger partial charge is 0.490 e. The number of aliphatic hydroxyl groups excluding tert-OH is 1. The molecule has 1 aliphatic heterocycles. The number of carbonyl (C=O) groups is 2. The van der Waals surface area contributed by atoms with Gasteiger partial charge in [0.05, 0.1) is 18.9 Å². The molecule has 1 N–H and O–H groups in total. The summed E-state index contributed by atoms with van der Waals surface area (Å²) in [5.74, 6) is 0.692. The molecule has 1 aromatic rings. The average molecular weight is 321 g/mol. The average Bonchev–Trinajstić information content (AvgIpc) is 2.57. The van der Waals surface area contributed by atoms with Gasteiger partial charge in [-0.25, -0.2) is 0 Å². The van der Waals surface area contributed by atoms with Crippen LogP contribution in [0.25, 0.3) is 0 Å². The van der Waals surface area contributed by atoms with Crippen molar-refractivity contribution in [3.05, 3.63) is 17.7 Å². The fourth-order valence-electron chi connectivity index (χ4n) is 2.86.